The fourth-order valence-electron chi connectivity index (χ4n) is 4.19. The molecule has 0 radical (unpaired) electrons. The van der Waals surface area contributed by atoms with E-state index in [1.807, 2.05) is 11.0 Å². The van der Waals surface area contributed by atoms with Crippen LogP contribution in [0, 0.1) is 5.82 Å². The number of alkyl halides is 3. The zero-order valence-electron chi connectivity index (χ0n) is 18.4. The minimum atomic E-state index is -4.76. The first-order valence-electron chi connectivity index (χ1n) is 10.6. The third kappa shape index (κ3) is 6.40. The molecular formula is C23H25Cl2F4N3O2. The van der Waals surface area contributed by atoms with Gasteiger partial charge in [-0.3, -0.25) is 9.69 Å². The predicted octanol–water partition coefficient (Wildman–Crippen LogP) is 4.16. The summed E-state index contributed by atoms with van der Waals surface area (Å²) in [5.41, 5.74) is -0.0562. The molecule has 1 aliphatic heterocycles. The smallest absolute Gasteiger partial charge is 0.395 e. The van der Waals surface area contributed by atoms with E-state index in [1.165, 1.54) is 6.07 Å². The van der Waals surface area contributed by atoms with E-state index in [0.29, 0.717) is 35.2 Å². The number of likely N-dealkylation sites (tertiary alicyclic amines) is 1. The number of aliphatic hydroxyl groups excluding tert-OH is 1. The summed E-state index contributed by atoms with van der Waals surface area (Å²) in [6, 6.07) is 7.93. The van der Waals surface area contributed by atoms with Crippen LogP contribution < -0.4 is 5.32 Å². The van der Waals surface area contributed by atoms with Crippen molar-refractivity contribution in [1.29, 1.82) is 0 Å². The van der Waals surface area contributed by atoms with Gasteiger partial charge in [0.1, 0.15) is 5.82 Å². The lowest BCUT2D eigenvalue weighted by Crippen LogP contribution is -2.40. The number of likely N-dealkylation sites (N-methyl/N-ethyl adjacent to an activating group) is 1. The minimum absolute atomic E-state index is 0.0647. The fraction of sp³-hybridized carbons (Fsp3) is 0.435. The molecule has 3 rings (SSSR count). The van der Waals surface area contributed by atoms with Gasteiger partial charge in [-0.1, -0.05) is 35.3 Å². The number of hydrogen-bond donors (Lipinski definition) is 2. The molecule has 1 fully saturated rings. The van der Waals surface area contributed by atoms with Crippen molar-refractivity contribution in [3.8, 4) is 0 Å². The van der Waals surface area contributed by atoms with Gasteiger partial charge in [0, 0.05) is 38.1 Å². The fourth-order valence-corrected chi connectivity index (χ4v) is 4.49. The van der Waals surface area contributed by atoms with Crippen LogP contribution in [-0.2, 0) is 17.5 Å². The Bertz CT molecular complexity index is 1020. The van der Waals surface area contributed by atoms with Crippen molar-refractivity contribution in [3.05, 3.63) is 69.0 Å². The molecule has 1 aliphatic rings. The van der Waals surface area contributed by atoms with Crippen molar-refractivity contribution < 1.29 is 27.5 Å². The molecule has 0 spiro atoms. The maximum absolute atomic E-state index is 14.1. The Labute approximate surface area is 205 Å². The normalized spacial score (nSPS) is 18.7. The van der Waals surface area contributed by atoms with E-state index in [-0.39, 0.29) is 37.6 Å². The SMILES string of the molecule is CN(Cc1ccc(C(F)(F)F)c(F)c1)[C@@H]1CN(C(=O)CNCCO)C[C@@H]1c1ccc(Cl)c(Cl)c1. The topological polar surface area (TPSA) is 55.8 Å². The van der Waals surface area contributed by atoms with Crippen molar-refractivity contribution >= 4 is 29.1 Å². The van der Waals surface area contributed by atoms with Gasteiger partial charge in [0.2, 0.25) is 5.91 Å². The van der Waals surface area contributed by atoms with Gasteiger partial charge in [0.25, 0.3) is 0 Å². The molecule has 11 heteroatoms. The molecule has 1 saturated heterocycles. The van der Waals surface area contributed by atoms with Gasteiger partial charge < -0.3 is 15.3 Å². The first-order chi connectivity index (χ1) is 16.0. The summed E-state index contributed by atoms with van der Waals surface area (Å²) in [5, 5.41) is 12.5. The van der Waals surface area contributed by atoms with E-state index < -0.39 is 17.6 Å². The highest BCUT2D eigenvalue weighted by molar-refractivity contribution is 6.42. The number of nitrogens with zero attached hydrogens (tertiary/aromatic N) is 2. The Morgan fingerprint density at radius 3 is 2.53 bits per heavy atom. The number of hydrogen-bond acceptors (Lipinski definition) is 4. The van der Waals surface area contributed by atoms with Crippen LogP contribution in [0.25, 0.3) is 0 Å². The summed E-state index contributed by atoms with van der Waals surface area (Å²) in [6.45, 7) is 1.21. The third-order valence-corrected chi connectivity index (χ3v) is 6.65. The lowest BCUT2D eigenvalue weighted by Gasteiger charge is -2.29. The van der Waals surface area contributed by atoms with Crippen LogP contribution in [0.15, 0.2) is 36.4 Å². The van der Waals surface area contributed by atoms with Crippen LogP contribution in [-0.4, -0.2) is 66.7 Å². The zero-order chi connectivity index (χ0) is 25.0. The Morgan fingerprint density at radius 1 is 1.18 bits per heavy atom. The van der Waals surface area contributed by atoms with E-state index in [2.05, 4.69) is 5.32 Å². The highest BCUT2D eigenvalue weighted by Crippen LogP contribution is 2.35. The Balaban J connectivity index is 1.82. The van der Waals surface area contributed by atoms with E-state index in [0.717, 1.165) is 17.7 Å². The van der Waals surface area contributed by atoms with Crippen molar-refractivity contribution in [2.24, 2.45) is 0 Å². The Morgan fingerprint density at radius 2 is 1.91 bits per heavy atom. The van der Waals surface area contributed by atoms with Crippen LogP contribution >= 0.6 is 23.2 Å². The third-order valence-electron chi connectivity index (χ3n) is 5.92. The van der Waals surface area contributed by atoms with Gasteiger partial charge in [-0.15, -0.1) is 0 Å². The van der Waals surface area contributed by atoms with Crippen molar-refractivity contribution in [1.82, 2.24) is 15.1 Å². The van der Waals surface area contributed by atoms with Crippen LogP contribution in [0.5, 0.6) is 0 Å². The van der Waals surface area contributed by atoms with Gasteiger partial charge >= 0.3 is 6.18 Å². The van der Waals surface area contributed by atoms with Gasteiger partial charge in [0.15, 0.2) is 0 Å². The van der Waals surface area contributed by atoms with Crippen LogP contribution in [0.2, 0.25) is 10.0 Å². The zero-order valence-corrected chi connectivity index (χ0v) is 19.9. The second-order valence-electron chi connectivity index (χ2n) is 8.27. The second-order valence-corrected chi connectivity index (χ2v) is 9.09. The molecule has 1 amide bonds. The standard InChI is InChI=1S/C23H25Cl2F4N3O2/c1-31(11-14-2-4-17(20(26)8-14)23(27,28)29)21-13-32(22(34)10-30-6-7-33)12-16(21)15-3-5-18(24)19(25)9-15/h2-5,8-9,16,21,30,33H,6-7,10-13H2,1H3/t16-,21-/m1/s1. The molecule has 2 atom stereocenters. The number of halogens is 6. The monoisotopic (exact) mass is 521 g/mol. The Hall–Kier alpha value is -1.91. The summed E-state index contributed by atoms with van der Waals surface area (Å²) >= 11 is 12.3. The largest absolute Gasteiger partial charge is 0.419 e. The molecule has 5 nitrogen and oxygen atoms in total. The number of amides is 1. The lowest BCUT2D eigenvalue weighted by atomic mass is 9.93. The summed E-state index contributed by atoms with van der Waals surface area (Å²) in [4.78, 5) is 16.3. The summed E-state index contributed by atoms with van der Waals surface area (Å²) < 4.78 is 52.7. The molecule has 0 saturated carbocycles. The van der Waals surface area contributed by atoms with E-state index >= 15 is 0 Å². The quantitative estimate of drug-likeness (QED) is 0.404. The highest BCUT2D eigenvalue weighted by Gasteiger charge is 2.39. The number of rotatable bonds is 8. The summed E-state index contributed by atoms with van der Waals surface area (Å²) in [7, 11) is 1.78. The number of nitrogens with one attached hydrogen (secondary N) is 1. The second kappa shape index (κ2) is 11.2. The first kappa shape index (κ1) is 26.7. The van der Waals surface area contributed by atoms with Crippen LogP contribution in [0.3, 0.4) is 0 Å². The molecule has 0 unspecified atom stereocenters. The van der Waals surface area contributed by atoms with Gasteiger partial charge in [0.05, 0.1) is 28.8 Å². The first-order valence-corrected chi connectivity index (χ1v) is 11.4. The molecule has 34 heavy (non-hydrogen) atoms. The summed E-state index contributed by atoms with van der Waals surface area (Å²) in [5.74, 6) is -1.62. The van der Waals surface area contributed by atoms with Gasteiger partial charge in [-0.05, 0) is 42.4 Å². The molecule has 2 aromatic rings. The van der Waals surface area contributed by atoms with Crippen molar-refractivity contribution in [2.45, 2.75) is 24.7 Å². The number of benzene rings is 2. The van der Waals surface area contributed by atoms with Crippen molar-refractivity contribution in [3.63, 3.8) is 0 Å². The number of aliphatic hydroxyl groups is 1. The highest BCUT2D eigenvalue weighted by atomic mass is 35.5. The molecular weight excluding hydrogens is 497 g/mol. The molecule has 186 valence electrons. The maximum atomic E-state index is 14.1. The van der Waals surface area contributed by atoms with Gasteiger partial charge in [-0.25, -0.2) is 4.39 Å². The average Bonchev–Trinajstić information content (AvgIpc) is 3.21. The maximum Gasteiger partial charge on any atom is 0.419 e. The van der Waals surface area contributed by atoms with Crippen LogP contribution in [0.4, 0.5) is 17.6 Å². The summed E-state index contributed by atoms with van der Waals surface area (Å²) in [6.07, 6.45) is -4.76. The van der Waals surface area contributed by atoms with Crippen molar-refractivity contribution in [2.75, 3.05) is 39.8 Å². The molecule has 0 aromatic heterocycles. The lowest BCUT2D eigenvalue weighted by molar-refractivity contribution is -0.140. The molecule has 0 aliphatic carbocycles. The molecule has 2 N–H and O–H groups in total. The number of carbonyl (C=O) groups is 1. The van der Waals surface area contributed by atoms with E-state index in [1.54, 1.807) is 24.1 Å². The molecule has 2 aromatic carbocycles. The van der Waals surface area contributed by atoms with Crippen LogP contribution in [0.1, 0.15) is 22.6 Å². The molecule has 1 heterocycles. The average molecular weight is 522 g/mol. The minimum Gasteiger partial charge on any atom is -0.395 e. The Kier molecular flexibility index (Phi) is 8.81. The predicted molar refractivity (Wildman–Crippen MR) is 122 cm³/mol. The van der Waals surface area contributed by atoms with Gasteiger partial charge in [-0.2, -0.15) is 13.2 Å². The molecule has 0 bridgehead atoms. The van der Waals surface area contributed by atoms with E-state index in [4.69, 9.17) is 28.3 Å². The number of carbonyl (C=O) groups excluding carboxylic acids is 1. The van der Waals surface area contributed by atoms with E-state index in [9.17, 15) is 22.4 Å².